The predicted octanol–water partition coefficient (Wildman–Crippen LogP) is 6.11. The van der Waals surface area contributed by atoms with E-state index < -0.39 is 0 Å². The molecule has 1 atom stereocenters. The number of thiophene rings is 1. The zero-order chi connectivity index (χ0) is 14.7. The molecule has 108 valence electrons. The number of aryl methyl sites for hydroxylation is 1. The molecule has 0 saturated carbocycles. The maximum Gasteiger partial charge on any atom is 0.0995 e. The summed E-state index contributed by atoms with van der Waals surface area (Å²) >= 11 is 20.2. The molecular weight excluding hydrogens is 333 g/mol. The fourth-order valence-corrected chi connectivity index (χ4v) is 3.89. The van der Waals surface area contributed by atoms with E-state index in [9.17, 15) is 0 Å². The summed E-state index contributed by atoms with van der Waals surface area (Å²) in [6, 6.07) is 7.94. The lowest BCUT2D eigenvalue weighted by atomic mass is 9.99. The highest BCUT2D eigenvalue weighted by atomic mass is 35.5. The van der Waals surface area contributed by atoms with Crippen LogP contribution in [0.25, 0.3) is 0 Å². The average molecular weight is 349 g/mol. The molecule has 0 saturated heterocycles. The first-order valence-corrected chi connectivity index (χ1v) is 8.42. The first-order chi connectivity index (χ1) is 9.54. The van der Waals surface area contributed by atoms with Gasteiger partial charge in [-0.15, -0.1) is 11.3 Å². The van der Waals surface area contributed by atoms with E-state index in [4.69, 9.17) is 34.8 Å². The molecule has 0 aliphatic carbocycles. The van der Waals surface area contributed by atoms with E-state index >= 15 is 0 Å². The first kappa shape index (κ1) is 16.1. The van der Waals surface area contributed by atoms with Crippen LogP contribution in [0.5, 0.6) is 0 Å². The van der Waals surface area contributed by atoms with Crippen LogP contribution in [0.1, 0.15) is 36.1 Å². The van der Waals surface area contributed by atoms with Gasteiger partial charge in [0.25, 0.3) is 0 Å². The topological polar surface area (TPSA) is 12.0 Å². The van der Waals surface area contributed by atoms with Crippen LogP contribution >= 0.6 is 46.1 Å². The van der Waals surface area contributed by atoms with Crippen LogP contribution in [0, 0.1) is 6.92 Å². The van der Waals surface area contributed by atoms with Crippen LogP contribution in [0.4, 0.5) is 0 Å². The van der Waals surface area contributed by atoms with Crippen molar-refractivity contribution < 1.29 is 0 Å². The van der Waals surface area contributed by atoms with Crippen molar-refractivity contribution in [3.63, 3.8) is 0 Å². The van der Waals surface area contributed by atoms with Gasteiger partial charge in [0.15, 0.2) is 0 Å². The molecule has 0 aliphatic rings. The van der Waals surface area contributed by atoms with E-state index in [1.165, 1.54) is 11.3 Å². The maximum atomic E-state index is 6.46. The van der Waals surface area contributed by atoms with Crippen molar-refractivity contribution in [3.8, 4) is 0 Å². The number of rotatable bonds is 5. The molecule has 5 heteroatoms. The SMILES string of the molecule is CCCNC(c1cc(Cl)sc1Cl)c1cccc(C)c1Cl. The number of hydrogen-bond acceptors (Lipinski definition) is 2. The Morgan fingerprint density at radius 1 is 1.20 bits per heavy atom. The van der Waals surface area contributed by atoms with Crippen LogP contribution in [0.2, 0.25) is 13.7 Å². The second kappa shape index (κ2) is 7.15. The zero-order valence-electron chi connectivity index (χ0n) is 11.3. The molecule has 2 aromatic rings. The Morgan fingerprint density at radius 3 is 2.55 bits per heavy atom. The minimum Gasteiger partial charge on any atom is -0.306 e. The minimum absolute atomic E-state index is 0.0291. The van der Waals surface area contributed by atoms with Crippen LogP contribution in [0.3, 0.4) is 0 Å². The molecular formula is C15H16Cl3NS. The molecule has 0 spiro atoms. The van der Waals surface area contributed by atoms with Crippen LogP contribution in [-0.4, -0.2) is 6.54 Å². The maximum absolute atomic E-state index is 6.46. The Balaban J connectivity index is 2.47. The van der Waals surface area contributed by atoms with Crippen molar-refractivity contribution in [2.75, 3.05) is 6.54 Å². The van der Waals surface area contributed by atoms with E-state index in [1.54, 1.807) is 0 Å². The van der Waals surface area contributed by atoms with Crippen LogP contribution in [0.15, 0.2) is 24.3 Å². The summed E-state index contributed by atoms with van der Waals surface area (Å²) in [7, 11) is 0. The van der Waals surface area contributed by atoms with Crippen LogP contribution in [-0.2, 0) is 0 Å². The Bertz CT molecular complexity index is 595. The normalized spacial score (nSPS) is 12.7. The number of halogens is 3. The van der Waals surface area contributed by atoms with Gasteiger partial charge in [0.05, 0.1) is 14.7 Å². The second-order valence-electron chi connectivity index (χ2n) is 4.64. The number of benzene rings is 1. The Hall–Kier alpha value is -0.250. The zero-order valence-corrected chi connectivity index (χ0v) is 14.4. The highest BCUT2D eigenvalue weighted by Crippen LogP contribution is 2.39. The standard InChI is InChI=1S/C15H16Cl3NS/c1-3-7-19-14(11-8-12(16)20-15(11)18)10-6-4-5-9(2)13(10)17/h4-6,8,14,19H,3,7H2,1-2H3. The summed E-state index contributed by atoms with van der Waals surface area (Å²) in [5, 5.41) is 4.28. The molecule has 1 aromatic heterocycles. The summed E-state index contributed by atoms with van der Waals surface area (Å²) in [6.45, 7) is 5.02. The smallest absolute Gasteiger partial charge is 0.0995 e. The molecule has 0 amide bonds. The van der Waals surface area contributed by atoms with Gasteiger partial charge in [-0.1, -0.05) is 59.9 Å². The second-order valence-corrected chi connectivity index (χ2v) is 7.31. The molecule has 0 aliphatic heterocycles. The lowest BCUT2D eigenvalue weighted by Gasteiger charge is -2.20. The average Bonchev–Trinajstić information content (AvgIpc) is 2.74. The van der Waals surface area contributed by atoms with Crippen molar-refractivity contribution in [2.45, 2.75) is 26.3 Å². The Morgan fingerprint density at radius 2 is 1.95 bits per heavy atom. The molecule has 1 aromatic carbocycles. The van der Waals surface area contributed by atoms with Gasteiger partial charge in [-0.3, -0.25) is 0 Å². The van der Waals surface area contributed by atoms with Crippen molar-refractivity contribution in [2.24, 2.45) is 0 Å². The number of hydrogen-bond donors (Lipinski definition) is 1. The van der Waals surface area contributed by atoms with Gasteiger partial charge in [-0.05, 0) is 37.1 Å². The van der Waals surface area contributed by atoms with Gasteiger partial charge in [0.1, 0.15) is 0 Å². The van der Waals surface area contributed by atoms with Crippen molar-refractivity contribution in [1.29, 1.82) is 0 Å². The summed E-state index contributed by atoms with van der Waals surface area (Å²) in [5.74, 6) is 0. The third-order valence-corrected chi connectivity index (χ3v) is 5.16. The van der Waals surface area contributed by atoms with Gasteiger partial charge < -0.3 is 5.32 Å². The van der Waals surface area contributed by atoms with Crippen molar-refractivity contribution in [1.82, 2.24) is 5.32 Å². The number of nitrogens with one attached hydrogen (secondary N) is 1. The lowest BCUT2D eigenvalue weighted by Crippen LogP contribution is -2.23. The molecule has 1 N–H and O–H groups in total. The summed E-state index contributed by atoms with van der Waals surface area (Å²) in [5.41, 5.74) is 3.09. The van der Waals surface area contributed by atoms with E-state index in [0.29, 0.717) is 8.67 Å². The molecule has 20 heavy (non-hydrogen) atoms. The molecule has 1 unspecified atom stereocenters. The minimum atomic E-state index is -0.0291. The summed E-state index contributed by atoms with van der Waals surface area (Å²) < 4.78 is 1.40. The van der Waals surface area contributed by atoms with Gasteiger partial charge in [-0.25, -0.2) is 0 Å². The highest BCUT2D eigenvalue weighted by molar-refractivity contribution is 7.20. The Kier molecular flexibility index (Phi) is 5.76. The van der Waals surface area contributed by atoms with Crippen LogP contribution < -0.4 is 5.32 Å². The van der Waals surface area contributed by atoms with Gasteiger partial charge >= 0.3 is 0 Å². The Labute approximate surface area is 138 Å². The van der Waals surface area contributed by atoms with E-state index in [2.05, 4.69) is 12.2 Å². The fraction of sp³-hybridized carbons (Fsp3) is 0.333. The van der Waals surface area contributed by atoms with E-state index in [-0.39, 0.29) is 6.04 Å². The third kappa shape index (κ3) is 3.49. The van der Waals surface area contributed by atoms with Gasteiger partial charge in [0.2, 0.25) is 0 Å². The third-order valence-electron chi connectivity index (χ3n) is 3.13. The largest absolute Gasteiger partial charge is 0.306 e. The summed E-state index contributed by atoms with van der Waals surface area (Å²) in [4.78, 5) is 0. The lowest BCUT2D eigenvalue weighted by molar-refractivity contribution is 0.600. The van der Waals surface area contributed by atoms with E-state index in [1.807, 2.05) is 31.2 Å². The first-order valence-electron chi connectivity index (χ1n) is 6.47. The molecule has 2 rings (SSSR count). The van der Waals surface area contributed by atoms with Crippen molar-refractivity contribution >= 4 is 46.1 Å². The molecule has 0 bridgehead atoms. The van der Waals surface area contributed by atoms with E-state index in [0.717, 1.165) is 34.7 Å². The fourth-order valence-electron chi connectivity index (χ4n) is 2.12. The quantitative estimate of drug-likeness (QED) is 0.687. The molecule has 1 heterocycles. The van der Waals surface area contributed by atoms with Gasteiger partial charge in [-0.2, -0.15) is 0 Å². The molecule has 0 radical (unpaired) electrons. The summed E-state index contributed by atoms with van der Waals surface area (Å²) in [6.07, 6.45) is 1.04. The predicted molar refractivity (Wildman–Crippen MR) is 90.7 cm³/mol. The monoisotopic (exact) mass is 347 g/mol. The molecule has 1 nitrogen and oxygen atoms in total. The highest BCUT2D eigenvalue weighted by Gasteiger charge is 2.21. The molecule has 0 fully saturated rings. The van der Waals surface area contributed by atoms with Gasteiger partial charge in [0, 0.05) is 10.6 Å². The van der Waals surface area contributed by atoms with Crippen molar-refractivity contribution in [3.05, 3.63) is 54.7 Å².